The second-order valence-electron chi connectivity index (χ2n) is 4.21. The van der Waals surface area contributed by atoms with Gasteiger partial charge in [0.15, 0.2) is 0 Å². The number of aromatic nitrogens is 2. The summed E-state index contributed by atoms with van der Waals surface area (Å²) in [5.74, 6) is -0.348. The van der Waals surface area contributed by atoms with E-state index in [1.54, 1.807) is 17.0 Å². The van der Waals surface area contributed by atoms with E-state index < -0.39 is 6.04 Å². The van der Waals surface area contributed by atoms with Crippen LogP contribution in [0.4, 0.5) is 0 Å². The van der Waals surface area contributed by atoms with E-state index in [1.165, 1.54) is 7.11 Å². The van der Waals surface area contributed by atoms with Crippen molar-refractivity contribution in [3.63, 3.8) is 0 Å². The highest BCUT2D eigenvalue weighted by atomic mass is 16.5. The fourth-order valence-corrected chi connectivity index (χ4v) is 1.86. The van der Waals surface area contributed by atoms with Gasteiger partial charge in [0, 0.05) is 18.3 Å². The van der Waals surface area contributed by atoms with Gasteiger partial charge in [-0.25, -0.2) is 9.48 Å². The lowest BCUT2D eigenvalue weighted by molar-refractivity contribution is -0.143. The number of esters is 1. The minimum Gasteiger partial charge on any atom is -0.468 e. The van der Waals surface area contributed by atoms with Gasteiger partial charge in [0.1, 0.15) is 6.04 Å². The molecule has 2 rings (SSSR count). The van der Waals surface area contributed by atoms with E-state index in [0.717, 1.165) is 11.3 Å². The molecule has 1 aromatic heterocycles. The molecule has 0 aliphatic rings. The Morgan fingerprint density at radius 3 is 2.90 bits per heavy atom. The van der Waals surface area contributed by atoms with Gasteiger partial charge in [-0.15, -0.1) is 6.58 Å². The standard InChI is InChI=1S/C15H17N3O2/c1-3-9-16-14(15(19)20-2)12-10-17-18(11-12)13-7-5-4-6-8-13/h3-8,10-11,14,16H,1,9H2,2H3. The van der Waals surface area contributed by atoms with Crippen molar-refractivity contribution in [1.82, 2.24) is 15.1 Å². The molecule has 2 aromatic rings. The van der Waals surface area contributed by atoms with Gasteiger partial charge in [0.05, 0.1) is 19.0 Å². The molecule has 1 unspecified atom stereocenters. The summed E-state index contributed by atoms with van der Waals surface area (Å²) >= 11 is 0. The number of ether oxygens (including phenoxy) is 1. The SMILES string of the molecule is C=CCNC(C(=O)OC)c1cnn(-c2ccccc2)c1. The van der Waals surface area contributed by atoms with Gasteiger partial charge in [-0.1, -0.05) is 24.3 Å². The summed E-state index contributed by atoms with van der Waals surface area (Å²) < 4.78 is 6.53. The van der Waals surface area contributed by atoms with Crippen molar-refractivity contribution in [2.75, 3.05) is 13.7 Å². The van der Waals surface area contributed by atoms with Crippen LogP contribution in [-0.4, -0.2) is 29.4 Å². The molecule has 0 spiro atoms. The second kappa shape index (κ2) is 6.68. The maximum absolute atomic E-state index is 11.8. The van der Waals surface area contributed by atoms with Gasteiger partial charge in [0.2, 0.25) is 0 Å². The fraction of sp³-hybridized carbons (Fsp3) is 0.200. The number of benzene rings is 1. The molecule has 104 valence electrons. The number of hydrogen-bond donors (Lipinski definition) is 1. The molecule has 1 N–H and O–H groups in total. The average Bonchev–Trinajstić information content (AvgIpc) is 2.98. The first kappa shape index (κ1) is 14.0. The molecule has 0 aliphatic heterocycles. The highest BCUT2D eigenvalue weighted by molar-refractivity contribution is 5.77. The van der Waals surface area contributed by atoms with Crippen LogP contribution in [0.25, 0.3) is 5.69 Å². The predicted molar refractivity (Wildman–Crippen MR) is 76.5 cm³/mol. The second-order valence-corrected chi connectivity index (χ2v) is 4.21. The Bertz CT molecular complexity index is 578. The summed E-state index contributed by atoms with van der Waals surface area (Å²) in [6, 6.07) is 9.16. The number of hydrogen-bond acceptors (Lipinski definition) is 4. The highest BCUT2D eigenvalue weighted by Crippen LogP contribution is 2.16. The molecule has 1 aromatic carbocycles. The Kier molecular flexibility index (Phi) is 4.68. The third kappa shape index (κ3) is 3.13. The molecule has 0 bridgehead atoms. The number of nitrogens with zero attached hydrogens (tertiary/aromatic N) is 2. The summed E-state index contributed by atoms with van der Waals surface area (Å²) in [5, 5.41) is 7.33. The van der Waals surface area contributed by atoms with Crippen LogP contribution in [0.5, 0.6) is 0 Å². The topological polar surface area (TPSA) is 56.1 Å². The molecule has 0 saturated heterocycles. The van der Waals surface area contributed by atoms with Gasteiger partial charge in [-0.3, -0.25) is 5.32 Å². The van der Waals surface area contributed by atoms with E-state index >= 15 is 0 Å². The van der Waals surface area contributed by atoms with Crippen LogP contribution in [0.15, 0.2) is 55.4 Å². The molecule has 0 aliphatic carbocycles. The van der Waals surface area contributed by atoms with E-state index in [4.69, 9.17) is 4.74 Å². The average molecular weight is 271 g/mol. The number of rotatable bonds is 6. The molecule has 5 nitrogen and oxygen atoms in total. The van der Waals surface area contributed by atoms with Gasteiger partial charge in [-0.05, 0) is 12.1 Å². The minimum atomic E-state index is -0.546. The highest BCUT2D eigenvalue weighted by Gasteiger charge is 2.22. The Labute approximate surface area is 117 Å². The van der Waals surface area contributed by atoms with Crippen molar-refractivity contribution >= 4 is 5.97 Å². The number of nitrogens with one attached hydrogen (secondary N) is 1. The number of carbonyl (C=O) groups excluding carboxylic acids is 1. The van der Waals surface area contributed by atoms with Crippen LogP contribution in [0, 0.1) is 0 Å². The van der Waals surface area contributed by atoms with Crippen LogP contribution in [0.1, 0.15) is 11.6 Å². The lowest BCUT2D eigenvalue weighted by Crippen LogP contribution is -2.29. The molecular weight excluding hydrogens is 254 g/mol. The number of methoxy groups -OCH3 is 1. The van der Waals surface area contributed by atoms with E-state index in [9.17, 15) is 4.79 Å². The smallest absolute Gasteiger partial charge is 0.327 e. The molecule has 1 atom stereocenters. The third-order valence-electron chi connectivity index (χ3n) is 2.86. The Balaban J connectivity index is 2.24. The Morgan fingerprint density at radius 2 is 2.25 bits per heavy atom. The monoisotopic (exact) mass is 271 g/mol. The van der Waals surface area contributed by atoms with Gasteiger partial charge in [0.25, 0.3) is 0 Å². The summed E-state index contributed by atoms with van der Waals surface area (Å²) in [4.78, 5) is 11.8. The van der Waals surface area contributed by atoms with Gasteiger partial charge in [-0.2, -0.15) is 5.10 Å². The van der Waals surface area contributed by atoms with Crippen molar-refractivity contribution in [2.45, 2.75) is 6.04 Å². The first-order valence-electron chi connectivity index (χ1n) is 6.28. The summed E-state index contributed by atoms with van der Waals surface area (Å²) in [7, 11) is 1.37. The van der Waals surface area contributed by atoms with E-state index in [-0.39, 0.29) is 5.97 Å². The quantitative estimate of drug-likeness (QED) is 0.643. The lowest BCUT2D eigenvalue weighted by Gasteiger charge is -2.13. The lowest BCUT2D eigenvalue weighted by atomic mass is 10.1. The summed E-state index contributed by atoms with van der Waals surface area (Å²) in [5.41, 5.74) is 1.69. The fourth-order valence-electron chi connectivity index (χ4n) is 1.86. The summed E-state index contributed by atoms with van der Waals surface area (Å²) in [6.07, 6.45) is 5.16. The van der Waals surface area contributed by atoms with Crippen LogP contribution in [-0.2, 0) is 9.53 Å². The zero-order valence-corrected chi connectivity index (χ0v) is 11.3. The number of para-hydroxylation sites is 1. The van der Waals surface area contributed by atoms with E-state index in [1.807, 2.05) is 36.5 Å². The van der Waals surface area contributed by atoms with Gasteiger partial charge < -0.3 is 4.74 Å². The van der Waals surface area contributed by atoms with E-state index in [2.05, 4.69) is 17.0 Å². The third-order valence-corrected chi connectivity index (χ3v) is 2.86. The molecule has 5 heteroatoms. The van der Waals surface area contributed by atoms with Crippen molar-refractivity contribution < 1.29 is 9.53 Å². The predicted octanol–water partition coefficient (Wildman–Crippen LogP) is 1.86. The minimum absolute atomic E-state index is 0.348. The van der Waals surface area contributed by atoms with E-state index in [0.29, 0.717) is 6.54 Å². The zero-order chi connectivity index (χ0) is 14.4. The molecular formula is C15H17N3O2. The Morgan fingerprint density at radius 1 is 1.50 bits per heavy atom. The molecule has 20 heavy (non-hydrogen) atoms. The van der Waals surface area contributed by atoms with Gasteiger partial charge >= 0.3 is 5.97 Å². The number of carbonyl (C=O) groups is 1. The van der Waals surface area contributed by atoms with Crippen LogP contribution >= 0.6 is 0 Å². The first-order chi connectivity index (χ1) is 9.76. The largest absolute Gasteiger partial charge is 0.468 e. The molecule has 0 radical (unpaired) electrons. The first-order valence-corrected chi connectivity index (χ1v) is 6.28. The van der Waals surface area contributed by atoms with Crippen molar-refractivity contribution in [1.29, 1.82) is 0 Å². The molecule has 1 heterocycles. The maximum Gasteiger partial charge on any atom is 0.327 e. The van der Waals surface area contributed by atoms with Crippen LogP contribution < -0.4 is 5.32 Å². The maximum atomic E-state index is 11.8. The Hall–Kier alpha value is -2.40. The summed E-state index contributed by atoms with van der Waals surface area (Å²) in [6.45, 7) is 4.14. The molecule has 0 fully saturated rings. The molecule has 0 amide bonds. The normalized spacial score (nSPS) is 11.8. The molecule has 0 saturated carbocycles. The van der Waals surface area contributed by atoms with Crippen LogP contribution in [0.2, 0.25) is 0 Å². The zero-order valence-electron chi connectivity index (χ0n) is 11.3. The van der Waals surface area contributed by atoms with Crippen molar-refractivity contribution in [2.24, 2.45) is 0 Å². The van der Waals surface area contributed by atoms with Crippen molar-refractivity contribution in [3.05, 3.63) is 60.9 Å². The van der Waals surface area contributed by atoms with Crippen LogP contribution in [0.3, 0.4) is 0 Å². The van der Waals surface area contributed by atoms with Crippen molar-refractivity contribution in [3.8, 4) is 5.69 Å².